The van der Waals surface area contributed by atoms with Crippen molar-refractivity contribution in [1.82, 2.24) is 4.90 Å². The molecule has 1 amide bonds. The summed E-state index contributed by atoms with van der Waals surface area (Å²) in [4.78, 5) is 19.1. The van der Waals surface area contributed by atoms with E-state index < -0.39 is 12.2 Å². The molecule has 158 valence electrons. The van der Waals surface area contributed by atoms with Crippen LogP contribution in [0.2, 0.25) is 0 Å². The molecule has 1 fully saturated rings. The summed E-state index contributed by atoms with van der Waals surface area (Å²) < 4.78 is 35.2. The maximum Gasteiger partial charge on any atom is 0.387 e. The first-order valence-electron chi connectivity index (χ1n) is 9.76. The van der Waals surface area contributed by atoms with Crippen molar-refractivity contribution in [2.24, 2.45) is 16.6 Å². The zero-order valence-electron chi connectivity index (χ0n) is 16.6. The number of halogens is 2. The van der Waals surface area contributed by atoms with Gasteiger partial charge in [0.25, 0.3) is 5.91 Å². The summed E-state index contributed by atoms with van der Waals surface area (Å²) in [6.07, 6.45) is 2.42. The molecule has 1 unspecified atom stereocenters. The van der Waals surface area contributed by atoms with E-state index in [1.807, 2.05) is 24.3 Å². The van der Waals surface area contributed by atoms with Crippen molar-refractivity contribution in [3.05, 3.63) is 65.2 Å². The number of ether oxygens (including phenoxy) is 2. The predicted molar refractivity (Wildman–Crippen MR) is 107 cm³/mol. The molecule has 2 N–H and O–H groups in total. The standard InChI is InChI=1S/C22H23F2N3O3/c1-27-19(28)22(26-21(27)25,16-7-9-18(10-8-16)30-20(23)24)17-4-2-3-15(11-17)13-29-12-14-5-6-14/h2-4,7-11,14,20H,5-6,12-13H2,1H3,(H2,25,26). The van der Waals surface area contributed by atoms with Gasteiger partial charge in [-0.3, -0.25) is 9.69 Å². The molecule has 2 aromatic rings. The molecule has 1 aliphatic heterocycles. The van der Waals surface area contributed by atoms with E-state index in [-0.39, 0.29) is 17.6 Å². The molecular formula is C22H23F2N3O3. The fourth-order valence-corrected chi connectivity index (χ4v) is 3.58. The molecular weight excluding hydrogens is 392 g/mol. The average molecular weight is 415 g/mol. The number of carbonyl (C=O) groups is 1. The summed E-state index contributed by atoms with van der Waals surface area (Å²) in [7, 11) is 1.56. The molecule has 1 saturated carbocycles. The maximum atomic E-state index is 13.3. The fourth-order valence-electron chi connectivity index (χ4n) is 3.58. The molecule has 0 aromatic heterocycles. The van der Waals surface area contributed by atoms with Crippen LogP contribution in [0.15, 0.2) is 53.5 Å². The molecule has 6 nitrogen and oxygen atoms in total. The third kappa shape index (κ3) is 3.87. The number of amides is 1. The highest BCUT2D eigenvalue weighted by Gasteiger charge is 2.49. The first-order valence-corrected chi connectivity index (χ1v) is 9.76. The summed E-state index contributed by atoms with van der Waals surface area (Å²) in [6.45, 7) is -1.76. The van der Waals surface area contributed by atoms with Gasteiger partial charge in [0.2, 0.25) is 0 Å². The summed E-state index contributed by atoms with van der Waals surface area (Å²) in [5.41, 5.74) is 6.65. The second-order valence-corrected chi connectivity index (χ2v) is 7.61. The lowest BCUT2D eigenvalue weighted by Gasteiger charge is -2.26. The number of guanidine groups is 1. The fraction of sp³-hybridized carbons (Fsp3) is 0.364. The number of hydrogen-bond donors (Lipinski definition) is 1. The van der Waals surface area contributed by atoms with E-state index in [0.717, 1.165) is 12.2 Å². The van der Waals surface area contributed by atoms with Gasteiger partial charge in [-0.25, -0.2) is 4.99 Å². The number of hydrogen-bond acceptors (Lipinski definition) is 5. The third-order valence-electron chi connectivity index (χ3n) is 5.40. The van der Waals surface area contributed by atoms with Crippen LogP contribution >= 0.6 is 0 Å². The van der Waals surface area contributed by atoms with Crippen LogP contribution in [0.3, 0.4) is 0 Å². The number of nitrogens with two attached hydrogens (primary N) is 1. The van der Waals surface area contributed by atoms with Gasteiger partial charge < -0.3 is 15.2 Å². The Morgan fingerprint density at radius 2 is 1.93 bits per heavy atom. The molecule has 2 aliphatic rings. The van der Waals surface area contributed by atoms with Crippen molar-refractivity contribution >= 4 is 11.9 Å². The minimum atomic E-state index is -2.93. The summed E-state index contributed by atoms with van der Waals surface area (Å²) in [5.74, 6) is 0.423. The molecule has 30 heavy (non-hydrogen) atoms. The van der Waals surface area contributed by atoms with Crippen LogP contribution in [-0.2, 0) is 21.7 Å². The van der Waals surface area contributed by atoms with E-state index >= 15 is 0 Å². The Kier molecular flexibility index (Phi) is 5.42. The third-order valence-corrected chi connectivity index (χ3v) is 5.40. The van der Waals surface area contributed by atoms with Gasteiger partial charge in [-0.1, -0.05) is 36.4 Å². The summed E-state index contributed by atoms with van der Waals surface area (Å²) in [6, 6.07) is 13.4. The monoisotopic (exact) mass is 415 g/mol. The highest BCUT2D eigenvalue weighted by Crippen LogP contribution is 2.40. The van der Waals surface area contributed by atoms with Gasteiger partial charge in [0.1, 0.15) is 5.75 Å². The van der Waals surface area contributed by atoms with Gasteiger partial charge >= 0.3 is 6.61 Å². The second kappa shape index (κ2) is 8.02. The van der Waals surface area contributed by atoms with Gasteiger partial charge in [0, 0.05) is 13.7 Å². The molecule has 1 aliphatic carbocycles. The lowest BCUT2D eigenvalue weighted by Crippen LogP contribution is -2.41. The quantitative estimate of drug-likeness (QED) is 0.718. The molecule has 0 saturated heterocycles. The Bertz CT molecular complexity index is 960. The minimum Gasteiger partial charge on any atom is -0.435 e. The highest BCUT2D eigenvalue weighted by atomic mass is 19.3. The number of benzene rings is 2. The van der Waals surface area contributed by atoms with Gasteiger partial charge in [-0.05, 0) is 47.6 Å². The Balaban J connectivity index is 1.69. The maximum absolute atomic E-state index is 13.3. The summed E-state index contributed by atoms with van der Waals surface area (Å²) in [5, 5.41) is 0. The van der Waals surface area contributed by atoms with Crippen LogP contribution in [0.5, 0.6) is 5.75 Å². The van der Waals surface area contributed by atoms with E-state index in [9.17, 15) is 13.6 Å². The number of carbonyl (C=O) groups excluding carboxylic acids is 1. The normalized spacial score (nSPS) is 21.3. The van der Waals surface area contributed by atoms with Crippen molar-refractivity contribution in [3.8, 4) is 5.75 Å². The van der Waals surface area contributed by atoms with E-state index in [0.29, 0.717) is 23.7 Å². The SMILES string of the molecule is CN1C(=O)C(c2ccc(OC(F)F)cc2)(c2cccc(COCC3CC3)c2)N=C1N. The van der Waals surface area contributed by atoms with E-state index in [4.69, 9.17) is 10.5 Å². The summed E-state index contributed by atoms with van der Waals surface area (Å²) >= 11 is 0. The van der Waals surface area contributed by atoms with Crippen molar-refractivity contribution < 1.29 is 23.0 Å². The molecule has 2 aromatic carbocycles. The van der Waals surface area contributed by atoms with E-state index in [1.54, 1.807) is 19.2 Å². The number of aliphatic imine (C=N–C) groups is 1. The number of rotatable bonds is 8. The molecule has 8 heteroatoms. The smallest absolute Gasteiger partial charge is 0.387 e. The van der Waals surface area contributed by atoms with Gasteiger partial charge in [-0.2, -0.15) is 8.78 Å². The molecule has 0 bridgehead atoms. The molecule has 0 radical (unpaired) electrons. The van der Waals surface area contributed by atoms with E-state index in [1.165, 1.54) is 29.9 Å². The van der Waals surface area contributed by atoms with Crippen LogP contribution in [0.25, 0.3) is 0 Å². The topological polar surface area (TPSA) is 77.2 Å². The molecule has 4 rings (SSSR count). The largest absolute Gasteiger partial charge is 0.435 e. The molecule has 1 atom stereocenters. The molecule has 1 heterocycles. The van der Waals surface area contributed by atoms with Crippen molar-refractivity contribution in [2.45, 2.75) is 31.6 Å². The van der Waals surface area contributed by atoms with Crippen molar-refractivity contribution in [2.75, 3.05) is 13.7 Å². The number of alkyl halides is 2. The van der Waals surface area contributed by atoms with Crippen LogP contribution in [0, 0.1) is 5.92 Å². The lowest BCUT2D eigenvalue weighted by molar-refractivity contribution is -0.129. The predicted octanol–water partition coefficient (Wildman–Crippen LogP) is 3.24. The Morgan fingerprint density at radius 3 is 2.53 bits per heavy atom. The zero-order valence-corrected chi connectivity index (χ0v) is 16.6. The molecule has 0 spiro atoms. The van der Waals surface area contributed by atoms with Crippen LogP contribution in [0.4, 0.5) is 8.78 Å². The van der Waals surface area contributed by atoms with Crippen molar-refractivity contribution in [1.29, 1.82) is 0 Å². The first kappa shape index (κ1) is 20.3. The minimum absolute atomic E-state index is 0.00174. The first-order chi connectivity index (χ1) is 14.4. The lowest BCUT2D eigenvalue weighted by atomic mass is 9.82. The Hall–Kier alpha value is -3.00. The number of nitrogens with zero attached hydrogens (tertiary/aromatic N) is 2. The van der Waals surface area contributed by atoms with Crippen LogP contribution < -0.4 is 10.5 Å². The second-order valence-electron chi connectivity index (χ2n) is 7.61. The van der Waals surface area contributed by atoms with Crippen molar-refractivity contribution in [3.63, 3.8) is 0 Å². The van der Waals surface area contributed by atoms with Gasteiger partial charge in [0.15, 0.2) is 11.5 Å². The Labute approximate surface area is 173 Å². The highest BCUT2D eigenvalue weighted by molar-refractivity contribution is 6.08. The average Bonchev–Trinajstić information content (AvgIpc) is 3.52. The Morgan fingerprint density at radius 1 is 1.20 bits per heavy atom. The van der Waals surface area contributed by atoms with Gasteiger partial charge in [0.05, 0.1) is 6.61 Å². The zero-order chi connectivity index (χ0) is 21.3. The van der Waals surface area contributed by atoms with Crippen LogP contribution in [-0.4, -0.2) is 37.0 Å². The van der Waals surface area contributed by atoms with Crippen LogP contribution in [0.1, 0.15) is 29.5 Å². The number of likely N-dealkylation sites (N-methyl/N-ethyl adjacent to an activating group) is 1. The van der Waals surface area contributed by atoms with E-state index in [2.05, 4.69) is 9.73 Å². The van der Waals surface area contributed by atoms with Gasteiger partial charge in [-0.15, -0.1) is 0 Å².